The first-order chi connectivity index (χ1) is 9.69. The maximum absolute atomic E-state index is 7.94. The molecule has 0 spiro atoms. The number of nitrogens with one attached hydrogen (secondary N) is 1. The number of aryl methyl sites for hydroxylation is 1. The van der Waals surface area contributed by atoms with E-state index in [1.807, 2.05) is 11.8 Å². The number of aromatic nitrogens is 2. The SMILES string of the molecule is CCc1nnc(N2CCCSCC2)c(C(=N)N)c1CC. The predicted octanol–water partition coefficient (Wildman–Crippen LogP) is 1.83. The lowest BCUT2D eigenvalue weighted by atomic mass is 10.0. The molecule has 0 aromatic carbocycles. The Morgan fingerprint density at radius 2 is 2.05 bits per heavy atom. The molecule has 0 unspecified atom stereocenters. The number of thioether (sulfide) groups is 1. The Morgan fingerprint density at radius 1 is 1.25 bits per heavy atom. The van der Waals surface area contributed by atoms with Crippen molar-refractivity contribution in [1.82, 2.24) is 10.2 Å². The minimum Gasteiger partial charge on any atom is -0.384 e. The van der Waals surface area contributed by atoms with E-state index in [0.29, 0.717) is 0 Å². The van der Waals surface area contributed by atoms with E-state index in [-0.39, 0.29) is 5.84 Å². The van der Waals surface area contributed by atoms with Crippen LogP contribution in [0.2, 0.25) is 0 Å². The molecule has 1 saturated heterocycles. The van der Waals surface area contributed by atoms with Crippen LogP contribution in [0.3, 0.4) is 0 Å². The van der Waals surface area contributed by atoms with Crippen LogP contribution in [-0.2, 0) is 12.8 Å². The second kappa shape index (κ2) is 6.92. The Hall–Kier alpha value is -1.30. The molecule has 2 heterocycles. The van der Waals surface area contributed by atoms with Crippen molar-refractivity contribution < 1.29 is 0 Å². The number of amidine groups is 1. The summed E-state index contributed by atoms with van der Waals surface area (Å²) in [5, 5.41) is 16.7. The Labute approximate surface area is 124 Å². The summed E-state index contributed by atoms with van der Waals surface area (Å²) in [5.41, 5.74) is 8.69. The van der Waals surface area contributed by atoms with Crippen LogP contribution < -0.4 is 10.6 Å². The van der Waals surface area contributed by atoms with Gasteiger partial charge in [0.25, 0.3) is 0 Å². The van der Waals surface area contributed by atoms with Crippen LogP contribution in [0.25, 0.3) is 0 Å². The molecule has 0 radical (unpaired) electrons. The number of hydrogen-bond donors (Lipinski definition) is 2. The molecule has 3 N–H and O–H groups in total. The molecule has 2 rings (SSSR count). The molecule has 1 fully saturated rings. The molecule has 0 amide bonds. The zero-order valence-electron chi connectivity index (χ0n) is 12.3. The molecule has 0 bridgehead atoms. The number of hydrogen-bond acceptors (Lipinski definition) is 5. The van der Waals surface area contributed by atoms with Gasteiger partial charge in [0, 0.05) is 18.8 Å². The van der Waals surface area contributed by atoms with Gasteiger partial charge in [0.1, 0.15) is 5.84 Å². The molecule has 20 heavy (non-hydrogen) atoms. The van der Waals surface area contributed by atoms with Crippen molar-refractivity contribution in [2.75, 3.05) is 29.5 Å². The van der Waals surface area contributed by atoms with Crippen LogP contribution in [-0.4, -0.2) is 40.6 Å². The van der Waals surface area contributed by atoms with Crippen molar-refractivity contribution in [3.63, 3.8) is 0 Å². The fourth-order valence-electron chi connectivity index (χ4n) is 2.62. The van der Waals surface area contributed by atoms with E-state index in [1.165, 1.54) is 5.75 Å². The van der Waals surface area contributed by atoms with E-state index in [2.05, 4.69) is 28.9 Å². The van der Waals surface area contributed by atoms with Crippen molar-refractivity contribution in [1.29, 1.82) is 5.41 Å². The Balaban J connectivity index is 2.48. The summed E-state index contributed by atoms with van der Waals surface area (Å²) in [6, 6.07) is 0. The molecule has 6 heteroatoms. The fourth-order valence-corrected chi connectivity index (χ4v) is 3.51. The molecule has 1 aromatic heterocycles. The lowest BCUT2D eigenvalue weighted by molar-refractivity contribution is 0.769. The van der Waals surface area contributed by atoms with E-state index >= 15 is 0 Å². The van der Waals surface area contributed by atoms with E-state index in [4.69, 9.17) is 11.1 Å². The molecular weight excluding hydrogens is 270 g/mol. The standard InChI is InChI=1S/C14H23N5S/c1-3-10-11(4-2)17-18-14(12(10)13(15)16)19-6-5-8-20-9-7-19/h3-9H2,1-2H3,(H3,15,16). The van der Waals surface area contributed by atoms with Gasteiger partial charge in [0.05, 0.1) is 11.3 Å². The van der Waals surface area contributed by atoms with Gasteiger partial charge in [-0.1, -0.05) is 13.8 Å². The Bertz CT molecular complexity index is 481. The monoisotopic (exact) mass is 293 g/mol. The lowest BCUT2D eigenvalue weighted by Crippen LogP contribution is -2.31. The van der Waals surface area contributed by atoms with E-state index in [1.54, 1.807) is 0 Å². The van der Waals surface area contributed by atoms with Crippen molar-refractivity contribution in [3.05, 3.63) is 16.8 Å². The maximum Gasteiger partial charge on any atom is 0.162 e. The van der Waals surface area contributed by atoms with Crippen LogP contribution in [0, 0.1) is 5.41 Å². The first kappa shape index (κ1) is 15.1. The highest BCUT2D eigenvalue weighted by Gasteiger charge is 2.22. The minimum atomic E-state index is 0.110. The number of rotatable bonds is 4. The molecule has 1 aliphatic heterocycles. The fraction of sp³-hybridized carbons (Fsp3) is 0.643. The molecule has 5 nitrogen and oxygen atoms in total. The molecule has 0 aliphatic carbocycles. The predicted molar refractivity (Wildman–Crippen MR) is 86.0 cm³/mol. The second-order valence-corrected chi connectivity index (χ2v) is 6.12. The zero-order chi connectivity index (χ0) is 14.5. The number of anilines is 1. The first-order valence-corrected chi connectivity index (χ1v) is 8.40. The number of nitrogen functional groups attached to an aromatic ring is 1. The third kappa shape index (κ3) is 3.06. The minimum absolute atomic E-state index is 0.110. The highest BCUT2D eigenvalue weighted by atomic mass is 32.2. The molecule has 1 aliphatic rings. The first-order valence-electron chi connectivity index (χ1n) is 7.24. The third-order valence-corrected chi connectivity index (χ3v) is 4.67. The number of nitrogens with two attached hydrogens (primary N) is 1. The summed E-state index contributed by atoms with van der Waals surface area (Å²) >= 11 is 1.97. The van der Waals surface area contributed by atoms with Gasteiger partial charge in [-0.2, -0.15) is 16.9 Å². The van der Waals surface area contributed by atoms with Gasteiger partial charge >= 0.3 is 0 Å². The van der Waals surface area contributed by atoms with Gasteiger partial charge in [-0.25, -0.2) is 0 Å². The smallest absolute Gasteiger partial charge is 0.162 e. The van der Waals surface area contributed by atoms with Crippen molar-refractivity contribution >= 4 is 23.4 Å². The van der Waals surface area contributed by atoms with Gasteiger partial charge in [0.2, 0.25) is 0 Å². The zero-order valence-corrected chi connectivity index (χ0v) is 13.1. The van der Waals surface area contributed by atoms with Gasteiger partial charge in [0.15, 0.2) is 5.82 Å². The summed E-state index contributed by atoms with van der Waals surface area (Å²) < 4.78 is 0. The van der Waals surface area contributed by atoms with E-state index < -0.39 is 0 Å². The summed E-state index contributed by atoms with van der Waals surface area (Å²) in [6.45, 7) is 6.07. The van der Waals surface area contributed by atoms with Crippen LogP contribution in [0.1, 0.15) is 37.1 Å². The van der Waals surface area contributed by atoms with E-state index in [9.17, 15) is 0 Å². The van der Waals surface area contributed by atoms with Crippen LogP contribution in [0.5, 0.6) is 0 Å². The molecule has 110 valence electrons. The summed E-state index contributed by atoms with van der Waals surface area (Å²) in [7, 11) is 0. The molecule has 0 atom stereocenters. The average molecular weight is 293 g/mol. The molecule has 0 saturated carbocycles. The molecule has 1 aromatic rings. The summed E-state index contributed by atoms with van der Waals surface area (Å²) in [6.07, 6.45) is 2.80. The second-order valence-electron chi connectivity index (χ2n) is 4.90. The third-order valence-electron chi connectivity index (χ3n) is 3.62. The van der Waals surface area contributed by atoms with Crippen LogP contribution in [0.4, 0.5) is 5.82 Å². The normalized spacial score (nSPS) is 16.0. The molecular formula is C14H23N5S. The Morgan fingerprint density at radius 3 is 2.70 bits per heavy atom. The summed E-state index contributed by atoms with van der Waals surface area (Å²) in [4.78, 5) is 2.24. The van der Waals surface area contributed by atoms with Crippen LogP contribution in [0.15, 0.2) is 0 Å². The van der Waals surface area contributed by atoms with Gasteiger partial charge in [-0.15, -0.1) is 5.10 Å². The highest BCUT2D eigenvalue weighted by Crippen LogP contribution is 2.25. The van der Waals surface area contributed by atoms with Crippen molar-refractivity contribution in [2.45, 2.75) is 33.1 Å². The van der Waals surface area contributed by atoms with Crippen LogP contribution >= 0.6 is 11.8 Å². The van der Waals surface area contributed by atoms with E-state index in [0.717, 1.165) is 60.7 Å². The quantitative estimate of drug-likeness (QED) is 0.654. The maximum atomic E-state index is 7.94. The average Bonchev–Trinajstić information content (AvgIpc) is 2.74. The van der Waals surface area contributed by atoms with Gasteiger partial charge < -0.3 is 10.6 Å². The Kier molecular flexibility index (Phi) is 5.23. The van der Waals surface area contributed by atoms with Gasteiger partial charge in [-0.3, -0.25) is 5.41 Å². The highest BCUT2D eigenvalue weighted by molar-refractivity contribution is 7.99. The largest absolute Gasteiger partial charge is 0.384 e. The van der Waals surface area contributed by atoms with Crippen molar-refractivity contribution in [3.8, 4) is 0 Å². The van der Waals surface area contributed by atoms with Crippen molar-refractivity contribution in [2.24, 2.45) is 5.73 Å². The van der Waals surface area contributed by atoms with Gasteiger partial charge in [-0.05, 0) is 30.6 Å². The lowest BCUT2D eigenvalue weighted by Gasteiger charge is -2.25. The summed E-state index contributed by atoms with van der Waals surface area (Å²) in [5.74, 6) is 3.19. The topological polar surface area (TPSA) is 78.9 Å². The number of nitrogens with zero attached hydrogens (tertiary/aromatic N) is 3.